The van der Waals surface area contributed by atoms with Gasteiger partial charge in [-0.1, -0.05) is 0 Å². The van der Waals surface area contributed by atoms with Crippen LogP contribution in [-0.2, 0) is 14.4 Å². The molecule has 0 aromatic heterocycles. The number of hydrogen-bond donors (Lipinski definition) is 2. The fourth-order valence-corrected chi connectivity index (χ4v) is 1.26. The molecule has 0 heterocycles. The Morgan fingerprint density at radius 1 is 1.28 bits per heavy atom. The molecule has 0 aromatic carbocycles. The van der Waals surface area contributed by atoms with Gasteiger partial charge < -0.3 is 15.3 Å². The molecule has 0 rings (SSSR count). The Hall–Kier alpha value is -1.59. The summed E-state index contributed by atoms with van der Waals surface area (Å²) in [6.45, 7) is 6.55. The molecular formula is C12H22N2O4. The van der Waals surface area contributed by atoms with Crippen LogP contribution < -0.4 is 5.32 Å². The van der Waals surface area contributed by atoms with Crippen molar-refractivity contribution < 1.29 is 19.5 Å². The molecule has 18 heavy (non-hydrogen) atoms. The van der Waals surface area contributed by atoms with Crippen molar-refractivity contribution in [2.75, 3.05) is 13.6 Å². The number of amides is 2. The fraction of sp³-hybridized carbons (Fsp3) is 0.750. The van der Waals surface area contributed by atoms with Crippen LogP contribution in [0.3, 0.4) is 0 Å². The average Bonchev–Trinajstić information content (AvgIpc) is 2.14. The maximum atomic E-state index is 11.8. The van der Waals surface area contributed by atoms with E-state index in [0.717, 1.165) is 0 Å². The zero-order chi connectivity index (χ0) is 14.5. The highest BCUT2D eigenvalue weighted by molar-refractivity contribution is 5.87. The molecule has 0 aliphatic carbocycles. The van der Waals surface area contributed by atoms with E-state index in [9.17, 15) is 14.4 Å². The summed E-state index contributed by atoms with van der Waals surface area (Å²) in [6.07, 6.45) is -0.131. The van der Waals surface area contributed by atoms with Gasteiger partial charge in [-0.15, -0.1) is 0 Å². The Labute approximate surface area is 107 Å². The molecule has 0 aromatic rings. The van der Waals surface area contributed by atoms with Gasteiger partial charge >= 0.3 is 5.97 Å². The van der Waals surface area contributed by atoms with Gasteiger partial charge in [0.25, 0.3) is 0 Å². The van der Waals surface area contributed by atoms with Crippen LogP contribution in [0, 0.1) is 5.41 Å². The van der Waals surface area contributed by atoms with Crippen molar-refractivity contribution >= 4 is 17.8 Å². The molecule has 0 aliphatic rings. The zero-order valence-electron chi connectivity index (χ0n) is 11.6. The Morgan fingerprint density at radius 3 is 2.17 bits per heavy atom. The van der Waals surface area contributed by atoms with Gasteiger partial charge in [0.15, 0.2) is 0 Å². The van der Waals surface area contributed by atoms with Crippen LogP contribution in [0.1, 0.15) is 34.1 Å². The lowest BCUT2D eigenvalue weighted by molar-refractivity contribution is -0.151. The number of carboxylic acids is 1. The number of aliphatic carboxylic acids is 1. The third-order valence-electron chi connectivity index (χ3n) is 2.43. The Balaban J connectivity index is 4.36. The van der Waals surface area contributed by atoms with Gasteiger partial charge in [0.2, 0.25) is 11.8 Å². The summed E-state index contributed by atoms with van der Waals surface area (Å²) in [6, 6.07) is 0.0106. The lowest BCUT2D eigenvalue weighted by atomic mass is 9.89. The quantitative estimate of drug-likeness (QED) is 0.725. The van der Waals surface area contributed by atoms with E-state index in [-0.39, 0.29) is 30.8 Å². The molecule has 6 heteroatoms. The Kier molecular flexibility index (Phi) is 5.81. The first-order valence-corrected chi connectivity index (χ1v) is 5.83. The summed E-state index contributed by atoms with van der Waals surface area (Å²) in [5, 5.41) is 11.6. The number of carboxylic acid groups (broad SMARTS) is 1. The van der Waals surface area contributed by atoms with Crippen molar-refractivity contribution in [1.29, 1.82) is 0 Å². The minimum absolute atomic E-state index is 0.0106. The smallest absolute Gasteiger partial charge is 0.309 e. The van der Waals surface area contributed by atoms with Gasteiger partial charge in [-0.3, -0.25) is 14.4 Å². The van der Waals surface area contributed by atoms with E-state index in [1.54, 1.807) is 0 Å². The molecule has 0 unspecified atom stereocenters. The minimum Gasteiger partial charge on any atom is -0.481 e. The van der Waals surface area contributed by atoms with Gasteiger partial charge in [0.1, 0.15) is 0 Å². The number of nitrogens with zero attached hydrogens (tertiary/aromatic N) is 1. The van der Waals surface area contributed by atoms with Gasteiger partial charge in [-0.25, -0.2) is 0 Å². The van der Waals surface area contributed by atoms with Crippen molar-refractivity contribution in [1.82, 2.24) is 10.2 Å². The highest BCUT2D eigenvalue weighted by Gasteiger charge is 2.31. The summed E-state index contributed by atoms with van der Waals surface area (Å²) in [4.78, 5) is 35.3. The lowest BCUT2D eigenvalue weighted by Crippen LogP contribution is -2.42. The van der Waals surface area contributed by atoms with Crippen LogP contribution in [0.5, 0.6) is 0 Å². The van der Waals surface area contributed by atoms with Crippen LogP contribution in [0.25, 0.3) is 0 Å². The molecule has 0 spiro atoms. The lowest BCUT2D eigenvalue weighted by Gasteiger charge is -2.23. The number of likely N-dealkylation sites (N-methyl/N-ethyl adjacent to an activating group) is 1. The van der Waals surface area contributed by atoms with E-state index in [1.807, 2.05) is 13.8 Å². The van der Waals surface area contributed by atoms with E-state index in [0.29, 0.717) is 0 Å². The molecule has 0 saturated heterocycles. The van der Waals surface area contributed by atoms with Crippen LogP contribution in [0.15, 0.2) is 0 Å². The van der Waals surface area contributed by atoms with E-state index in [1.165, 1.54) is 25.8 Å². The first kappa shape index (κ1) is 16.4. The molecule has 6 nitrogen and oxygen atoms in total. The first-order chi connectivity index (χ1) is 8.06. The third-order valence-corrected chi connectivity index (χ3v) is 2.43. The molecular weight excluding hydrogens is 236 g/mol. The van der Waals surface area contributed by atoms with E-state index in [4.69, 9.17) is 5.11 Å². The van der Waals surface area contributed by atoms with Crippen LogP contribution >= 0.6 is 0 Å². The summed E-state index contributed by atoms with van der Waals surface area (Å²) >= 11 is 0. The van der Waals surface area contributed by atoms with Gasteiger partial charge in [-0.2, -0.15) is 0 Å². The Bertz CT molecular complexity index is 337. The minimum atomic E-state index is -1.13. The maximum absolute atomic E-state index is 11.8. The molecule has 2 amide bonds. The van der Waals surface area contributed by atoms with Gasteiger partial charge in [-0.05, 0) is 27.7 Å². The molecule has 0 aliphatic heterocycles. The second-order valence-electron chi connectivity index (χ2n) is 5.34. The number of hydrogen-bond acceptors (Lipinski definition) is 3. The standard InChI is InChI=1S/C12H22N2O4/c1-8(2)13-9(15)7-14(5)10(16)6-12(3,4)11(17)18/h8H,6-7H2,1-5H3,(H,13,15)(H,17,18). The topological polar surface area (TPSA) is 86.7 Å². The predicted octanol–water partition coefficient (Wildman–Crippen LogP) is 0.470. The SMILES string of the molecule is CC(C)NC(=O)CN(C)C(=O)CC(C)(C)C(=O)O. The van der Waals surface area contributed by atoms with Gasteiger partial charge in [0, 0.05) is 19.5 Å². The zero-order valence-corrected chi connectivity index (χ0v) is 11.6. The second-order valence-corrected chi connectivity index (χ2v) is 5.34. The van der Waals surface area contributed by atoms with E-state index >= 15 is 0 Å². The number of rotatable bonds is 6. The van der Waals surface area contributed by atoms with Crippen molar-refractivity contribution in [3.8, 4) is 0 Å². The number of carbonyl (C=O) groups is 3. The number of carbonyl (C=O) groups excluding carboxylic acids is 2. The average molecular weight is 258 g/mol. The monoisotopic (exact) mass is 258 g/mol. The van der Waals surface area contributed by atoms with Crippen molar-refractivity contribution in [3.63, 3.8) is 0 Å². The highest BCUT2D eigenvalue weighted by Crippen LogP contribution is 2.21. The number of nitrogens with one attached hydrogen (secondary N) is 1. The summed E-state index contributed by atoms with van der Waals surface area (Å²) in [7, 11) is 1.49. The molecule has 0 fully saturated rings. The third kappa shape index (κ3) is 5.65. The largest absolute Gasteiger partial charge is 0.481 e. The van der Waals surface area contributed by atoms with E-state index in [2.05, 4.69) is 5.32 Å². The maximum Gasteiger partial charge on any atom is 0.309 e. The molecule has 0 bridgehead atoms. The molecule has 104 valence electrons. The molecule has 0 atom stereocenters. The van der Waals surface area contributed by atoms with Gasteiger partial charge in [0.05, 0.1) is 12.0 Å². The normalized spacial score (nSPS) is 11.2. The molecule has 2 N–H and O–H groups in total. The first-order valence-electron chi connectivity index (χ1n) is 5.83. The second kappa shape index (κ2) is 6.37. The predicted molar refractivity (Wildman–Crippen MR) is 66.9 cm³/mol. The van der Waals surface area contributed by atoms with E-state index < -0.39 is 11.4 Å². The van der Waals surface area contributed by atoms with Crippen molar-refractivity contribution in [2.45, 2.75) is 40.2 Å². The van der Waals surface area contributed by atoms with Crippen LogP contribution in [0.2, 0.25) is 0 Å². The summed E-state index contributed by atoms with van der Waals surface area (Å²) in [5.74, 6) is -1.65. The Morgan fingerprint density at radius 2 is 1.78 bits per heavy atom. The summed E-state index contributed by atoms with van der Waals surface area (Å²) < 4.78 is 0. The van der Waals surface area contributed by atoms with Crippen molar-refractivity contribution in [3.05, 3.63) is 0 Å². The summed E-state index contributed by atoms with van der Waals surface area (Å²) in [5.41, 5.74) is -1.13. The van der Waals surface area contributed by atoms with Crippen LogP contribution in [0.4, 0.5) is 0 Å². The van der Waals surface area contributed by atoms with Crippen molar-refractivity contribution in [2.24, 2.45) is 5.41 Å². The van der Waals surface area contributed by atoms with Crippen LogP contribution in [-0.4, -0.2) is 47.4 Å². The molecule has 0 saturated carbocycles. The fourth-order valence-electron chi connectivity index (χ4n) is 1.26. The molecule has 0 radical (unpaired) electrons. The highest BCUT2D eigenvalue weighted by atomic mass is 16.4.